The van der Waals surface area contributed by atoms with Crippen molar-refractivity contribution in [3.63, 3.8) is 0 Å². The molecule has 1 spiro atoms. The van der Waals surface area contributed by atoms with Gasteiger partial charge in [-0.3, -0.25) is 0 Å². The van der Waals surface area contributed by atoms with Crippen LogP contribution in [0.5, 0.6) is 0 Å². The summed E-state index contributed by atoms with van der Waals surface area (Å²) in [7, 11) is 0. The highest BCUT2D eigenvalue weighted by molar-refractivity contribution is 5.13. The molecule has 3 rings (SSSR count). The predicted molar refractivity (Wildman–Crippen MR) is 80.4 cm³/mol. The topological polar surface area (TPSA) is 56.3 Å². The Balaban J connectivity index is 1.62. The van der Waals surface area contributed by atoms with Crippen molar-refractivity contribution in [1.29, 1.82) is 0 Å². The first-order chi connectivity index (χ1) is 11.4. The van der Waals surface area contributed by atoms with Gasteiger partial charge < -0.3 is 14.8 Å². The third-order valence-electron chi connectivity index (χ3n) is 4.64. The summed E-state index contributed by atoms with van der Waals surface area (Å²) in [6.45, 7) is 3.82. The van der Waals surface area contributed by atoms with E-state index in [1.807, 2.05) is 0 Å². The fourth-order valence-corrected chi connectivity index (χ4v) is 3.38. The molecule has 2 aliphatic heterocycles. The van der Waals surface area contributed by atoms with Gasteiger partial charge in [0.15, 0.2) is 0 Å². The molecule has 0 amide bonds. The van der Waals surface area contributed by atoms with E-state index >= 15 is 0 Å². The summed E-state index contributed by atoms with van der Waals surface area (Å²) in [4.78, 5) is 7.75. The number of ether oxygens (including phenoxy) is 2. The Morgan fingerprint density at radius 2 is 2.00 bits per heavy atom. The number of halogens is 3. The first-order valence-electron chi connectivity index (χ1n) is 8.23. The van der Waals surface area contributed by atoms with E-state index < -0.39 is 11.9 Å². The zero-order valence-corrected chi connectivity index (χ0v) is 13.7. The first kappa shape index (κ1) is 17.6. The Bertz CT molecular complexity index is 569. The highest BCUT2D eigenvalue weighted by atomic mass is 19.4. The molecule has 3 heterocycles. The summed E-state index contributed by atoms with van der Waals surface area (Å²) in [6, 6.07) is 1.16. The Hall–Kier alpha value is -1.25. The first-order valence-corrected chi connectivity index (χ1v) is 8.23. The molecule has 0 bridgehead atoms. The van der Waals surface area contributed by atoms with Crippen LogP contribution >= 0.6 is 0 Å². The summed E-state index contributed by atoms with van der Waals surface area (Å²) in [6.07, 6.45) is -1.04. The van der Waals surface area contributed by atoms with Crippen molar-refractivity contribution in [3.8, 4) is 0 Å². The van der Waals surface area contributed by atoms with E-state index in [1.165, 1.54) is 0 Å². The molecule has 1 aromatic heterocycles. The van der Waals surface area contributed by atoms with E-state index in [0.29, 0.717) is 25.5 Å². The van der Waals surface area contributed by atoms with E-state index in [-0.39, 0.29) is 24.0 Å². The van der Waals surface area contributed by atoms with E-state index in [1.54, 1.807) is 6.92 Å². The van der Waals surface area contributed by atoms with Gasteiger partial charge in [-0.2, -0.15) is 13.2 Å². The smallest absolute Gasteiger partial charge is 0.381 e. The number of aromatic nitrogens is 2. The molecule has 1 atom stereocenters. The fraction of sp³-hybridized carbons (Fsp3) is 0.750. The molecule has 8 heteroatoms. The van der Waals surface area contributed by atoms with Crippen LogP contribution in [0.25, 0.3) is 0 Å². The largest absolute Gasteiger partial charge is 0.433 e. The number of hydrogen-bond acceptors (Lipinski definition) is 5. The van der Waals surface area contributed by atoms with Crippen LogP contribution in [-0.2, 0) is 22.2 Å². The minimum Gasteiger partial charge on any atom is -0.381 e. The second-order valence-corrected chi connectivity index (χ2v) is 6.52. The minimum absolute atomic E-state index is 0.154. The number of nitrogens with one attached hydrogen (secondary N) is 1. The number of nitrogens with zero attached hydrogens (tertiary/aromatic N) is 2. The van der Waals surface area contributed by atoms with Gasteiger partial charge in [-0.25, -0.2) is 9.97 Å². The molecule has 0 radical (unpaired) electrons. The van der Waals surface area contributed by atoms with Gasteiger partial charge in [0, 0.05) is 31.6 Å². The third-order valence-corrected chi connectivity index (χ3v) is 4.64. The summed E-state index contributed by atoms with van der Waals surface area (Å²) < 4.78 is 49.9. The van der Waals surface area contributed by atoms with Gasteiger partial charge in [-0.05, 0) is 38.7 Å². The maximum atomic E-state index is 12.8. The van der Waals surface area contributed by atoms with Gasteiger partial charge in [-0.1, -0.05) is 0 Å². The average molecular weight is 345 g/mol. The number of rotatable bonds is 3. The lowest BCUT2D eigenvalue weighted by Gasteiger charge is -2.43. The SMILES string of the molecule is Cc1cc(C(F)(F)F)nc(CN[C@H]2CCOC3(CCOCC3)C2)n1. The van der Waals surface area contributed by atoms with Crippen LogP contribution in [0.1, 0.15) is 42.9 Å². The lowest BCUT2D eigenvalue weighted by molar-refractivity contribution is -0.141. The summed E-state index contributed by atoms with van der Waals surface area (Å²) in [5, 5.41) is 3.30. The molecule has 2 saturated heterocycles. The van der Waals surface area contributed by atoms with Gasteiger partial charge in [0.05, 0.1) is 12.1 Å². The monoisotopic (exact) mass is 345 g/mol. The Labute approximate surface area is 139 Å². The van der Waals surface area contributed by atoms with E-state index in [2.05, 4.69) is 15.3 Å². The fourth-order valence-electron chi connectivity index (χ4n) is 3.38. The van der Waals surface area contributed by atoms with Crippen LogP contribution in [0.2, 0.25) is 0 Å². The van der Waals surface area contributed by atoms with E-state index in [4.69, 9.17) is 9.47 Å². The Kier molecular flexibility index (Phi) is 5.08. The van der Waals surface area contributed by atoms with Crippen molar-refractivity contribution in [2.45, 2.75) is 57.0 Å². The number of aryl methyl sites for hydroxylation is 1. The zero-order chi connectivity index (χ0) is 17.2. The van der Waals surface area contributed by atoms with Crippen LogP contribution in [0.3, 0.4) is 0 Å². The van der Waals surface area contributed by atoms with Crippen LogP contribution in [0, 0.1) is 6.92 Å². The number of hydrogen-bond donors (Lipinski definition) is 1. The lowest BCUT2D eigenvalue weighted by atomic mass is 9.84. The summed E-state index contributed by atoms with van der Waals surface area (Å²) >= 11 is 0. The van der Waals surface area contributed by atoms with E-state index in [9.17, 15) is 13.2 Å². The van der Waals surface area contributed by atoms with Crippen LogP contribution in [-0.4, -0.2) is 41.4 Å². The quantitative estimate of drug-likeness (QED) is 0.913. The lowest BCUT2D eigenvalue weighted by Crippen LogP contribution is -2.49. The van der Waals surface area contributed by atoms with Crippen LogP contribution < -0.4 is 5.32 Å². The van der Waals surface area contributed by atoms with Crippen molar-refractivity contribution < 1.29 is 22.6 Å². The molecule has 5 nitrogen and oxygen atoms in total. The number of alkyl halides is 3. The van der Waals surface area contributed by atoms with E-state index in [0.717, 1.165) is 31.7 Å². The average Bonchev–Trinajstić information content (AvgIpc) is 2.52. The van der Waals surface area contributed by atoms with Gasteiger partial charge in [-0.15, -0.1) is 0 Å². The molecule has 0 aliphatic carbocycles. The molecule has 0 aromatic carbocycles. The maximum absolute atomic E-state index is 12.8. The molecule has 24 heavy (non-hydrogen) atoms. The normalized spacial score (nSPS) is 24.2. The van der Waals surface area contributed by atoms with Gasteiger partial charge in [0.1, 0.15) is 11.5 Å². The van der Waals surface area contributed by atoms with Gasteiger partial charge in [0.25, 0.3) is 0 Å². The van der Waals surface area contributed by atoms with Crippen molar-refractivity contribution in [1.82, 2.24) is 15.3 Å². The molecule has 2 fully saturated rings. The van der Waals surface area contributed by atoms with Gasteiger partial charge >= 0.3 is 6.18 Å². The van der Waals surface area contributed by atoms with Crippen molar-refractivity contribution in [2.24, 2.45) is 0 Å². The Morgan fingerprint density at radius 1 is 1.25 bits per heavy atom. The Morgan fingerprint density at radius 3 is 2.71 bits per heavy atom. The van der Waals surface area contributed by atoms with Crippen molar-refractivity contribution >= 4 is 0 Å². The molecule has 1 aromatic rings. The molecular weight excluding hydrogens is 323 g/mol. The molecule has 1 N–H and O–H groups in total. The second kappa shape index (κ2) is 6.93. The van der Waals surface area contributed by atoms with Gasteiger partial charge in [0.2, 0.25) is 0 Å². The third kappa shape index (κ3) is 4.23. The molecular formula is C16H22F3N3O2. The van der Waals surface area contributed by atoms with Crippen molar-refractivity contribution in [2.75, 3.05) is 19.8 Å². The van der Waals surface area contributed by atoms with Crippen molar-refractivity contribution in [3.05, 3.63) is 23.3 Å². The highest BCUT2D eigenvalue weighted by Gasteiger charge is 2.39. The van der Waals surface area contributed by atoms with Crippen LogP contribution in [0.15, 0.2) is 6.07 Å². The molecule has 0 unspecified atom stereocenters. The van der Waals surface area contributed by atoms with Crippen LogP contribution in [0.4, 0.5) is 13.2 Å². The molecule has 134 valence electrons. The molecule has 0 saturated carbocycles. The minimum atomic E-state index is -4.45. The summed E-state index contributed by atoms with van der Waals surface area (Å²) in [5.74, 6) is 0.176. The maximum Gasteiger partial charge on any atom is 0.433 e. The zero-order valence-electron chi connectivity index (χ0n) is 13.7. The summed E-state index contributed by atoms with van der Waals surface area (Å²) in [5.41, 5.74) is -0.722. The highest BCUT2D eigenvalue weighted by Crippen LogP contribution is 2.34. The standard InChI is InChI=1S/C16H22F3N3O2/c1-11-8-13(16(17,18)19)22-14(21-11)10-20-12-2-5-24-15(9-12)3-6-23-7-4-15/h8,12,20H,2-7,9-10H2,1H3/t12-/m0/s1. The molecule has 2 aliphatic rings. The second-order valence-electron chi connectivity index (χ2n) is 6.52. The predicted octanol–water partition coefficient (Wildman–Crippen LogP) is 2.62.